The van der Waals surface area contributed by atoms with Gasteiger partial charge in [0.25, 0.3) is 0 Å². The van der Waals surface area contributed by atoms with E-state index in [4.69, 9.17) is 11.6 Å². The first-order valence-electron chi connectivity index (χ1n) is 5.97. The Balaban J connectivity index is 0.00000324. The van der Waals surface area contributed by atoms with E-state index >= 15 is 0 Å². The average Bonchev–Trinajstić information content (AvgIpc) is 2.35. The number of benzene rings is 1. The van der Waals surface area contributed by atoms with Crippen LogP contribution in [-0.4, -0.2) is 39.5 Å². The standard InChI is InChI=1S/C12H19ClN2O2S.ClH/c1-3-15(4-2)10-9-14-18(16,17)12-7-5-11(13)6-8-12;/h5-8,14H,3-4,9-10H2,1-2H3;1H. The van der Waals surface area contributed by atoms with Crippen LogP contribution in [0.2, 0.25) is 5.02 Å². The van der Waals surface area contributed by atoms with Gasteiger partial charge in [0.1, 0.15) is 0 Å². The van der Waals surface area contributed by atoms with E-state index in [-0.39, 0.29) is 17.3 Å². The lowest BCUT2D eigenvalue weighted by Crippen LogP contribution is -2.34. The highest BCUT2D eigenvalue weighted by Crippen LogP contribution is 2.13. The van der Waals surface area contributed by atoms with Crippen LogP contribution in [0.3, 0.4) is 0 Å². The second-order valence-electron chi connectivity index (χ2n) is 3.88. The summed E-state index contributed by atoms with van der Waals surface area (Å²) in [6, 6.07) is 6.14. The molecule has 0 unspecified atom stereocenters. The van der Waals surface area contributed by atoms with Gasteiger partial charge in [-0.1, -0.05) is 25.4 Å². The maximum atomic E-state index is 11.9. The number of halogens is 2. The largest absolute Gasteiger partial charge is 0.303 e. The van der Waals surface area contributed by atoms with E-state index in [0.29, 0.717) is 18.1 Å². The van der Waals surface area contributed by atoms with Gasteiger partial charge in [0, 0.05) is 18.1 Å². The highest BCUT2D eigenvalue weighted by molar-refractivity contribution is 7.89. The molecule has 4 nitrogen and oxygen atoms in total. The van der Waals surface area contributed by atoms with Crippen molar-refractivity contribution in [3.63, 3.8) is 0 Å². The van der Waals surface area contributed by atoms with Gasteiger partial charge in [-0.2, -0.15) is 0 Å². The predicted molar refractivity (Wildman–Crippen MR) is 81.7 cm³/mol. The molecule has 19 heavy (non-hydrogen) atoms. The van der Waals surface area contributed by atoms with E-state index < -0.39 is 10.0 Å². The smallest absolute Gasteiger partial charge is 0.240 e. The van der Waals surface area contributed by atoms with Crippen molar-refractivity contribution in [2.24, 2.45) is 0 Å². The number of hydrogen-bond acceptors (Lipinski definition) is 3. The molecule has 0 spiro atoms. The van der Waals surface area contributed by atoms with E-state index in [1.807, 2.05) is 0 Å². The van der Waals surface area contributed by atoms with Crippen molar-refractivity contribution in [1.82, 2.24) is 9.62 Å². The fourth-order valence-electron chi connectivity index (χ4n) is 1.58. The highest BCUT2D eigenvalue weighted by atomic mass is 35.5. The van der Waals surface area contributed by atoms with Crippen LogP contribution in [0.15, 0.2) is 29.2 Å². The van der Waals surface area contributed by atoms with Crippen molar-refractivity contribution in [3.05, 3.63) is 29.3 Å². The van der Waals surface area contributed by atoms with Crippen LogP contribution in [0.4, 0.5) is 0 Å². The van der Waals surface area contributed by atoms with Gasteiger partial charge in [0.15, 0.2) is 0 Å². The minimum Gasteiger partial charge on any atom is -0.303 e. The molecule has 0 saturated carbocycles. The molecule has 0 atom stereocenters. The van der Waals surface area contributed by atoms with Crippen LogP contribution >= 0.6 is 24.0 Å². The average molecular weight is 327 g/mol. The third kappa shape index (κ3) is 6.10. The number of rotatable bonds is 7. The second-order valence-corrected chi connectivity index (χ2v) is 6.08. The molecule has 1 rings (SSSR count). The molecular formula is C12H20Cl2N2O2S. The number of nitrogens with zero attached hydrogens (tertiary/aromatic N) is 1. The van der Waals surface area contributed by atoms with Gasteiger partial charge in [-0.25, -0.2) is 13.1 Å². The molecular weight excluding hydrogens is 307 g/mol. The van der Waals surface area contributed by atoms with Gasteiger partial charge < -0.3 is 4.90 Å². The molecule has 0 amide bonds. The van der Waals surface area contributed by atoms with Crippen molar-refractivity contribution < 1.29 is 8.42 Å². The Bertz CT molecular complexity index is 459. The Hall–Kier alpha value is -0.330. The summed E-state index contributed by atoms with van der Waals surface area (Å²) >= 11 is 5.72. The van der Waals surface area contributed by atoms with Crippen molar-refractivity contribution in [3.8, 4) is 0 Å². The molecule has 0 aliphatic heterocycles. The normalized spacial score (nSPS) is 11.4. The summed E-state index contributed by atoms with van der Waals surface area (Å²) in [6.45, 7) is 7.05. The summed E-state index contributed by atoms with van der Waals surface area (Å²) < 4.78 is 26.4. The topological polar surface area (TPSA) is 49.4 Å². The molecule has 0 saturated heterocycles. The quantitative estimate of drug-likeness (QED) is 0.836. The van der Waals surface area contributed by atoms with Gasteiger partial charge in [-0.05, 0) is 37.4 Å². The zero-order valence-electron chi connectivity index (χ0n) is 11.1. The van der Waals surface area contributed by atoms with E-state index in [9.17, 15) is 8.42 Å². The van der Waals surface area contributed by atoms with Gasteiger partial charge in [-0.15, -0.1) is 12.4 Å². The summed E-state index contributed by atoms with van der Waals surface area (Å²) in [7, 11) is -3.42. The molecule has 110 valence electrons. The van der Waals surface area contributed by atoms with Gasteiger partial charge in [-0.3, -0.25) is 0 Å². The van der Waals surface area contributed by atoms with Crippen LogP contribution < -0.4 is 4.72 Å². The third-order valence-electron chi connectivity index (χ3n) is 2.74. The van der Waals surface area contributed by atoms with Crippen molar-refractivity contribution >= 4 is 34.0 Å². The Kier molecular flexibility index (Phi) is 8.61. The van der Waals surface area contributed by atoms with E-state index in [1.54, 1.807) is 12.1 Å². The Labute approximate surface area is 126 Å². The molecule has 1 N–H and O–H groups in total. The first kappa shape index (κ1) is 18.7. The van der Waals surface area contributed by atoms with Crippen LogP contribution in [0.25, 0.3) is 0 Å². The lowest BCUT2D eigenvalue weighted by Gasteiger charge is -2.17. The van der Waals surface area contributed by atoms with Crippen LogP contribution in [0.1, 0.15) is 13.8 Å². The minimum atomic E-state index is -3.42. The summed E-state index contributed by atoms with van der Waals surface area (Å²) in [6.07, 6.45) is 0. The van der Waals surface area contributed by atoms with Gasteiger partial charge in [0.2, 0.25) is 10.0 Å². The molecule has 1 aromatic rings. The third-order valence-corrected chi connectivity index (χ3v) is 4.47. The molecule has 0 aromatic heterocycles. The lowest BCUT2D eigenvalue weighted by atomic mass is 10.4. The molecule has 0 fully saturated rings. The Morgan fingerprint density at radius 3 is 2.16 bits per heavy atom. The maximum Gasteiger partial charge on any atom is 0.240 e. The molecule has 7 heteroatoms. The SMILES string of the molecule is CCN(CC)CCNS(=O)(=O)c1ccc(Cl)cc1.Cl. The fraction of sp³-hybridized carbons (Fsp3) is 0.500. The number of hydrogen-bond donors (Lipinski definition) is 1. The Morgan fingerprint density at radius 2 is 1.68 bits per heavy atom. The summed E-state index contributed by atoms with van der Waals surface area (Å²) in [4.78, 5) is 2.40. The van der Waals surface area contributed by atoms with E-state index in [0.717, 1.165) is 13.1 Å². The van der Waals surface area contributed by atoms with Crippen LogP contribution in [0.5, 0.6) is 0 Å². The van der Waals surface area contributed by atoms with E-state index in [1.165, 1.54) is 12.1 Å². The summed E-state index contributed by atoms with van der Waals surface area (Å²) in [5.74, 6) is 0. The van der Waals surface area contributed by atoms with E-state index in [2.05, 4.69) is 23.5 Å². The first-order valence-corrected chi connectivity index (χ1v) is 7.83. The van der Waals surface area contributed by atoms with Crippen molar-refractivity contribution in [2.45, 2.75) is 18.7 Å². The molecule has 0 radical (unpaired) electrons. The maximum absolute atomic E-state index is 11.9. The second kappa shape index (κ2) is 8.76. The predicted octanol–water partition coefficient (Wildman–Crippen LogP) is 2.38. The lowest BCUT2D eigenvalue weighted by molar-refractivity contribution is 0.309. The molecule has 0 aliphatic carbocycles. The molecule has 0 aliphatic rings. The Morgan fingerprint density at radius 1 is 1.16 bits per heavy atom. The summed E-state index contributed by atoms with van der Waals surface area (Å²) in [5, 5.41) is 0.525. The van der Waals surface area contributed by atoms with Gasteiger partial charge >= 0.3 is 0 Å². The van der Waals surface area contributed by atoms with Gasteiger partial charge in [0.05, 0.1) is 4.90 Å². The van der Waals surface area contributed by atoms with Crippen molar-refractivity contribution in [2.75, 3.05) is 26.2 Å². The number of sulfonamides is 1. The number of nitrogens with one attached hydrogen (secondary N) is 1. The zero-order chi connectivity index (χ0) is 13.6. The number of likely N-dealkylation sites (N-methyl/N-ethyl adjacent to an activating group) is 1. The first-order chi connectivity index (χ1) is 8.49. The van der Waals surface area contributed by atoms with Crippen molar-refractivity contribution in [1.29, 1.82) is 0 Å². The zero-order valence-corrected chi connectivity index (χ0v) is 13.5. The van der Waals surface area contributed by atoms with Crippen LogP contribution in [-0.2, 0) is 10.0 Å². The molecule has 0 heterocycles. The molecule has 0 bridgehead atoms. The fourth-order valence-corrected chi connectivity index (χ4v) is 2.72. The monoisotopic (exact) mass is 326 g/mol. The summed E-state index contributed by atoms with van der Waals surface area (Å²) in [5.41, 5.74) is 0. The molecule has 1 aromatic carbocycles. The minimum absolute atomic E-state index is 0. The van der Waals surface area contributed by atoms with Crippen LogP contribution in [0, 0.1) is 0 Å². The highest BCUT2D eigenvalue weighted by Gasteiger charge is 2.13.